The predicted octanol–water partition coefficient (Wildman–Crippen LogP) is 4.48. The van der Waals surface area contributed by atoms with Gasteiger partial charge in [0, 0.05) is 8.96 Å². The monoisotopic (exact) mass is 351 g/mol. The van der Waals surface area contributed by atoms with Crippen molar-refractivity contribution in [2.45, 2.75) is 20.0 Å². The third-order valence-electron chi connectivity index (χ3n) is 2.73. The van der Waals surface area contributed by atoms with E-state index in [9.17, 15) is 13.2 Å². The molecule has 2 aromatic rings. The van der Waals surface area contributed by atoms with Crippen LogP contribution in [0.3, 0.4) is 0 Å². The number of hydrogen-bond donors (Lipinski definition) is 0. The number of aryl methyl sites for hydroxylation is 1. The lowest BCUT2D eigenvalue weighted by Gasteiger charge is -2.10. The van der Waals surface area contributed by atoms with Crippen LogP contribution in [0.4, 0.5) is 13.2 Å². The van der Waals surface area contributed by atoms with Gasteiger partial charge in [0.1, 0.15) is 5.69 Å². The highest BCUT2D eigenvalue weighted by Crippen LogP contribution is 2.31. The molecule has 0 radical (unpaired) electrons. The van der Waals surface area contributed by atoms with E-state index in [1.54, 1.807) is 6.07 Å². The van der Waals surface area contributed by atoms with Crippen molar-refractivity contribution in [3.63, 3.8) is 0 Å². The van der Waals surface area contributed by atoms with Crippen LogP contribution in [0.25, 0.3) is 10.9 Å². The highest BCUT2D eigenvalue weighted by molar-refractivity contribution is 14.1. The molecule has 5 heteroatoms. The van der Waals surface area contributed by atoms with Crippen LogP contribution in [0, 0.1) is 17.4 Å². The van der Waals surface area contributed by atoms with Gasteiger partial charge in [0.05, 0.1) is 5.52 Å². The fraction of sp³-hybridized carbons (Fsp3) is 0.250. The second-order valence-corrected chi connectivity index (χ2v) is 4.97. The van der Waals surface area contributed by atoms with Gasteiger partial charge in [0.25, 0.3) is 0 Å². The number of rotatable bonds is 0. The Morgan fingerprint density at radius 2 is 1.82 bits per heavy atom. The first kappa shape index (κ1) is 12.6. The van der Waals surface area contributed by atoms with Crippen LogP contribution in [0.15, 0.2) is 18.2 Å². The fourth-order valence-corrected chi connectivity index (χ4v) is 2.50. The van der Waals surface area contributed by atoms with Crippen molar-refractivity contribution in [1.29, 1.82) is 0 Å². The summed E-state index contributed by atoms with van der Waals surface area (Å²) in [6.07, 6.45) is -4.39. The number of benzene rings is 1. The summed E-state index contributed by atoms with van der Waals surface area (Å²) in [5.74, 6) is 0. The minimum atomic E-state index is -4.39. The van der Waals surface area contributed by atoms with Crippen LogP contribution in [0.5, 0.6) is 0 Å². The zero-order valence-corrected chi connectivity index (χ0v) is 11.3. The molecule has 1 heterocycles. The molecule has 90 valence electrons. The first-order valence-electron chi connectivity index (χ1n) is 4.94. The van der Waals surface area contributed by atoms with E-state index in [-0.39, 0.29) is 0 Å². The van der Waals surface area contributed by atoms with Gasteiger partial charge in [-0.15, -0.1) is 0 Å². The van der Waals surface area contributed by atoms with E-state index >= 15 is 0 Å². The summed E-state index contributed by atoms with van der Waals surface area (Å²) in [7, 11) is 0. The smallest absolute Gasteiger partial charge is 0.243 e. The molecular weight excluding hydrogens is 342 g/mol. The molecule has 0 spiro atoms. The molecule has 0 aliphatic heterocycles. The van der Waals surface area contributed by atoms with E-state index in [0.29, 0.717) is 5.52 Å². The number of hydrogen-bond acceptors (Lipinski definition) is 1. The molecule has 0 saturated heterocycles. The Hall–Kier alpha value is -0.850. The van der Waals surface area contributed by atoms with E-state index in [1.165, 1.54) is 6.07 Å². The van der Waals surface area contributed by atoms with Gasteiger partial charge in [-0.1, -0.05) is 0 Å². The van der Waals surface area contributed by atoms with Gasteiger partial charge < -0.3 is 0 Å². The minimum Gasteiger partial charge on any atom is -0.243 e. The summed E-state index contributed by atoms with van der Waals surface area (Å²) in [6.45, 7) is 3.83. The number of fused-ring (bicyclic) bond motifs is 1. The lowest BCUT2D eigenvalue weighted by Crippen LogP contribution is -2.08. The molecule has 17 heavy (non-hydrogen) atoms. The van der Waals surface area contributed by atoms with Crippen LogP contribution in [0.2, 0.25) is 0 Å². The van der Waals surface area contributed by atoms with Crippen LogP contribution < -0.4 is 0 Å². The van der Waals surface area contributed by atoms with Crippen LogP contribution in [0.1, 0.15) is 16.8 Å². The van der Waals surface area contributed by atoms with Gasteiger partial charge in [0.15, 0.2) is 0 Å². The number of pyridine rings is 1. The summed E-state index contributed by atoms with van der Waals surface area (Å²) in [6, 6.07) is 4.21. The highest BCUT2D eigenvalue weighted by Gasteiger charge is 2.32. The maximum atomic E-state index is 12.5. The van der Waals surface area contributed by atoms with Crippen molar-refractivity contribution in [3.05, 3.63) is 38.6 Å². The van der Waals surface area contributed by atoms with E-state index in [4.69, 9.17) is 0 Å². The fourth-order valence-electron chi connectivity index (χ4n) is 1.62. The van der Waals surface area contributed by atoms with Crippen molar-refractivity contribution < 1.29 is 13.2 Å². The second kappa shape index (κ2) is 4.12. The van der Waals surface area contributed by atoms with E-state index < -0.39 is 11.9 Å². The molecule has 0 unspecified atom stereocenters. The molecule has 0 aliphatic rings. The summed E-state index contributed by atoms with van der Waals surface area (Å²) >= 11 is 2.14. The molecule has 0 fully saturated rings. The lowest BCUT2D eigenvalue weighted by atomic mass is 10.1. The third kappa shape index (κ3) is 2.25. The third-order valence-corrected chi connectivity index (χ3v) is 4.12. The molecule has 0 amide bonds. The van der Waals surface area contributed by atoms with Gasteiger partial charge in [-0.2, -0.15) is 13.2 Å². The molecule has 0 N–H and O–H groups in total. The Morgan fingerprint density at radius 3 is 2.41 bits per heavy atom. The molecular formula is C12H9F3IN. The lowest BCUT2D eigenvalue weighted by molar-refractivity contribution is -0.140. The summed E-state index contributed by atoms with van der Waals surface area (Å²) in [4.78, 5) is 3.68. The Morgan fingerprint density at radius 1 is 1.18 bits per heavy atom. The molecule has 1 aromatic carbocycles. The number of aromatic nitrogens is 1. The topological polar surface area (TPSA) is 12.9 Å². The molecule has 0 saturated carbocycles. The van der Waals surface area contributed by atoms with Crippen molar-refractivity contribution in [2.75, 3.05) is 0 Å². The van der Waals surface area contributed by atoms with Gasteiger partial charge >= 0.3 is 6.18 Å². The second-order valence-electron chi connectivity index (χ2n) is 3.89. The Labute approximate surface area is 110 Å². The quantitative estimate of drug-likeness (QED) is 0.638. The van der Waals surface area contributed by atoms with Crippen molar-refractivity contribution >= 4 is 33.5 Å². The number of nitrogens with zero attached hydrogens (tertiary/aromatic N) is 1. The molecule has 0 aliphatic carbocycles. The van der Waals surface area contributed by atoms with E-state index in [1.807, 2.05) is 13.8 Å². The van der Waals surface area contributed by atoms with Gasteiger partial charge in [-0.25, -0.2) is 4.98 Å². The van der Waals surface area contributed by atoms with Crippen LogP contribution in [-0.2, 0) is 6.18 Å². The average molecular weight is 351 g/mol. The molecule has 1 aromatic heterocycles. The normalized spacial score (nSPS) is 12.1. The summed E-state index contributed by atoms with van der Waals surface area (Å²) < 4.78 is 38.6. The average Bonchev–Trinajstić information content (AvgIpc) is 2.24. The van der Waals surface area contributed by atoms with Gasteiger partial charge in [0.2, 0.25) is 0 Å². The Balaban J connectivity index is 2.76. The maximum Gasteiger partial charge on any atom is 0.433 e. The van der Waals surface area contributed by atoms with Gasteiger partial charge in [-0.05, 0) is 65.8 Å². The van der Waals surface area contributed by atoms with Crippen molar-refractivity contribution in [2.24, 2.45) is 0 Å². The standard InChI is InChI=1S/C12H9F3IN/c1-6-5-9-8(11(16)7(6)2)3-4-10(17-9)12(13,14)15/h3-5H,1-2H3. The summed E-state index contributed by atoms with van der Waals surface area (Å²) in [5, 5.41) is 0.765. The van der Waals surface area contributed by atoms with E-state index in [0.717, 1.165) is 26.1 Å². The minimum absolute atomic E-state index is 0.396. The number of halogens is 4. The number of alkyl halides is 3. The zero-order valence-electron chi connectivity index (χ0n) is 9.19. The Bertz CT molecular complexity index is 590. The van der Waals surface area contributed by atoms with Crippen molar-refractivity contribution in [1.82, 2.24) is 4.98 Å². The first-order valence-corrected chi connectivity index (χ1v) is 6.02. The maximum absolute atomic E-state index is 12.5. The first-order chi connectivity index (χ1) is 7.80. The van der Waals surface area contributed by atoms with Gasteiger partial charge in [-0.3, -0.25) is 0 Å². The largest absolute Gasteiger partial charge is 0.433 e. The van der Waals surface area contributed by atoms with E-state index in [2.05, 4.69) is 27.6 Å². The highest BCUT2D eigenvalue weighted by atomic mass is 127. The zero-order chi connectivity index (χ0) is 12.8. The SMILES string of the molecule is Cc1cc2nc(C(F)(F)F)ccc2c(I)c1C. The van der Waals surface area contributed by atoms with Crippen molar-refractivity contribution in [3.8, 4) is 0 Å². The molecule has 0 atom stereocenters. The Kier molecular flexibility index (Phi) is 3.05. The molecule has 1 nitrogen and oxygen atoms in total. The molecule has 2 rings (SSSR count). The molecule has 0 bridgehead atoms. The predicted molar refractivity (Wildman–Crippen MR) is 68.9 cm³/mol. The summed E-state index contributed by atoms with van der Waals surface area (Å²) in [5.41, 5.74) is 1.59. The van der Waals surface area contributed by atoms with Crippen LogP contribution >= 0.6 is 22.6 Å². The van der Waals surface area contributed by atoms with Crippen LogP contribution in [-0.4, -0.2) is 4.98 Å².